The van der Waals surface area contributed by atoms with E-state index in [1.165, 1.54) is 19.1 Å². The van der Waals surface area contributed by atoms with E-state index in [1.54, 1.807) is 43.3 Å². The maximum atomic E-state index is 12.7. The van der Waals surface area contributed by atoms with Gasteiger partial charge in [-0.05, 0) is 50.2 Å². The maximum Gasteiger partial charge on any atom is 0.338 e. The van der Waals surface area contributed by atoms with E-state index >= 15 is 0 Å². The number of anilines is 2. The molecule has 0 bridgehead atoms. The van der Waals surface area contributed by atoms with Crippen LogP contribution in [-0.2, 0) is 19.6 Å². The summed E-state index contributed by atoms with van der Waals surface area (Å²) in [6, 6.07) is 11.4. The van der Waals surface area contributed by atoms with Crippen molar-refractivity contribution in [2.75, 3.05) is 22.5 Å². The number of hydrogen-bond donors (Lipinski definition) is 1. The van der Waals surface area contributed by atoms with E-state index in [9.17, 15) is 18.0 Å². The van der Waals surface area contributed by atoms with E-state index in [2.05, 4.69) is 5.32 Å². The second kappa shape index (κ2) is 9.07. The van der Waals surface area contributed by atoms with Crippen molar-refractivity contribution in [3.63, 3.8) is 0 Å². The summed E-state index contributed by atoms with van der Waals surface area (Å²) in [6.07, 6.45) is 1.01. The fraction of sp³-hybridized carbons (Fsp3) is 0.263. The van der Waals surface area contributed by atoms with Crippen molar-refractivity contribution in [3.8, 4) is 0 Å². The monoisotopic (exact) mass is 424 g/mol. The molecule has 0 radical (unpaired) electrons. The Hall–Kier alpha value is -2.58. The molecule has 2 aromatic rings. The number of carbonyl (C=O) groups excluding carboxylic acids is 2. The fourth-order valence-corrected chi connectivity index (χ4v) is 3.96. The van der Waals surface area contributed by atoms with Gasteiger partial charge in [0.15, 0.2) is 0 Å². The van der Waals surface area contributed by atoms with Gasteiger partial charge in [0, 0.05) is 10.7 Å². The molecule has 0 saturated heterocycles. The van der Waals surface area contributed by atoms with Gasteiger partial charge in [0.2, 0.25) is 15.9 Å². The summed E-state index contributed by atoms with van der Waals surface area (Å²) in [6.45, 7) is 3.39. The number of benzene rings is 2. The highest BCUT2D eigenvalue weighted by molar-refractivity contribution is 7.92. The topological polar surface area (TPSA) is 92.8 Å². The zero-order valence-electron chi connectivity index (χ0n) is 15.7. The molecule has 1 atom stereocenters. The lowest BCUT2D eigenvalue weighted by Crippen LogP contribution is -2.45. The first-order valence-corrected chi connectivity index (χ1v) is 10.7. The van der Waals surface area contributed by atoms with Crippen LogP contribution < -0.4 is 9.62 Å². The van der Waals surface area contributed by atoms with Crippen LogP contribution in [0.3, 0.4) is 0 Å². The summed E-state index contributed by atoms with van der Waals surface area (Å²) in [4.78, 5) is 24.5. The van der Waals surface area contributed by atoms with Crippen LogP contribution in [0.1, 0.15) is 24.2 Å². The summed E-state index contributed by atoms with van der Waals surface area (Å²) in [5.41, 5.74) is 0.905. The van der Waals surface area contributed by atoms with Gasteiger partial charge in [0.05, 0.1) is 24.1 Å². The van der Waals surface area contributed by atoms with Gasteiger partial charge in [0.25, 0.3) is 0 Å². The van der Waals surface area contributed by atoms with Crippen LogP contribution in [0.5, 0.6) is 0 Å². The molecule has 0 aliphatic heterocycles. The molecule has 7 nitrogen and oxygen atoms in total. The Balaban J connectivity index is 2.27. The Labute approximate surface area is 169 Å². The number of ether oxygens (including phenoxy) is 1. The molecule has 0 aliphatic carbocycles. The lowest BCUT2D eigenvalue weighted by molar-refractivity contribution is -0.116. The third kappa shape index (κ3) is 5.46. The number of halogens is 1. The van der Waals surface area contributed by atoms with Gasteiger partial charge < -0.3 is 10.1 Å². The van der Waals surface area contributed by atoms with Gasteiger partial charge in [-0.1, -0.05) is 23.7 Å². The smallest absolute Gasteiger partial charge is 0.338 e. The Morgan fingerprint density at radius 3 is 2.46 bits per heavy atom. The van der Waals surface area contributed by atoms with Gasteiger partial charge in [-0.25, -0.2) is 13.2 Å². The van der Waals surface area contributed by atoms with Crippen molar-refractivity contribution in [1.82, 2.24) is 0 Å². The molecule has 1 amide bonds. The van der Waals surface area contributed by atoms with Gasteiger partial charge in [-0.15, -0.1) is 0 Å². The molecule has 150 valence electrons. The minimum atomic E-state index is -3.76. The van der Waals surface area contributed by atoms with Crippen LogP contribution in [-0.4, -0.2) is 39.2 Å². The van der Waals surface area contributed by atoms with E-state index in [0.29, 0.717) is 10.7 Å². The summed E-state index contributed by atoms with van der Waals surface area (Å²) in [5.74, 6) is -1.07. The molecule has 28 heavy (non-hydrogen) atoms. The second-order valence-electron chi connectivity index (χ2n) is 6.01. The van der Waals surface area contributed by atoms with E-state index in [4.69, 9.17) is 16.3 Å². The van der Waals surface area contributed by atoms with Gasteiger partial charge >= 0.3 is 5.97 Å². The molecule has 1 unspecified atom stereocenters. The van der Waals surface area contributed by atoms with Crippen LogP contribution in [0.15, 0.2) is 48.5 Å². The molecule has 0 spiro atoms. The minimum absolute atomic E-state index is 0.232. The zero-order valence-corrected chi connectivity index (χ0v) is 17.3. The number of amides is 1. The van der Waals surface area contributed by atoms with Crippen molar-refractivity contribution < 1.29 is 22.7 Å². The van der Waals surface area contributed by atoms with E-state index < -0.39 is 27.9 Å². The second-order valence-corrected chi connectivity index (χ2v) is 8.30. The number of sulfonamides is 1. The molecular formula is C19H21ClN2O5S. The lowest BCUT2D eigenvalue weighted by Gasteiger charge is -2.28. The normalized spacial score (nSPS) is 12.1. The quantitative estimate of drug-likeness (QED) is 0.688. The van der Waals surface area contributed by atoms with Crippen LogP contribution in [0.2, 0.25) is 5.02 Å². The zero-order chi connectivity index (χ0) is 20.9. The van der Waals surface area contributed by atoms with Gasteiger partial charge in [-0.3, -0.25) is 9.10 Å². The molecule has 0 aromatic heterocycles. The Morgan fingerprint density at radius 2 is 1.86 bits per heavy atom. The minimum Gasteiger partial charge on any atom is -0.462 e. The molecule has 0 fully saturated rings. The standard InChI is InChI=1S/C19H21ClN2O5S/c1-4-27-19(24)14-7-5-9-16(11-14)21-18(23)13(2)22(28(3,25)26)17-10-6-8-15(20)12-17/h5-13H,4H2,1-3H3,(H,21,23). The molecule has 0 saturated carbocycles. The highest BCUT2D eigenvalue weighted by atomic mass is 35.5. The van der Waals surface area contributed by atoms with E-state index in [-0.39, 0.29) is 17.9 Å². The first kappa shape index (κ1) is 21.7. The molecule has 1 N–H and O–H groups in total. The number of rotatable bonds is 7. The summed E-state index contributed by atoms with van der Waals surface area (Å²) >= 11 is 5.96. The molecule has 0 heterocycles. The average Bonchev–Trinajstić information content (AvgIpc) is 2.61. The average molecular weight is 425 g/mol. The third-order valence-corrected chi connectivity index (χ3v) is 5.27. The third-order valence-electron chi connectivity index (χ3n) is 3.79. The number of esters is 1. The number of nitrogens with one attached hydrogen (secondary N) is 1. The number of nitrogens with zero attached hydrogens (tertiary/aromatic N) is 1. The van der Waals surface area contributed by atoms with Crippen molar-refractivity contribution in [3.05, 3.63) is 59.1 Å². The van der Waals surface area contributed by atoms with Crippen molar-refractivity contribution in [2.24, 2.45) is 0 Å². The van der Waals surface area contributed by atoms with Crippen LogP contribution >= 0.6 is 11.6 Å². The predicted octanol–water partition coefficient (Wildman–Crippen LogP) is 3.31. The SMILES string of the molecule is CCOC(=O)c1cccc(NC(=O)C(C)N(c2cccc(Cl)c2)S(C)(=O)=O)c1. The lowest BCUT2D eigenvalue weighted by atomic mass is 10.2. The summed E-state index contributed by atoms with van der Waals surface area (Å²) in [7, 11) is -3.76. The maximum absolute atomic E-state index is 12.7. The van der Waals surface area contributed by atoms with E-state index in [0.717, 1.165) is 10.6 Å². The number of carbonyl (C=O) groups is 2. The van der Waals surface area contributed by atoms with Crippen LogP contribution in [0.25, 0.3) is 0 Å². The molecular weight excluding hydrogens is 404 g/mol. The molecule has 0 aliphatic rings. The van der Waals surface area contributed by atoms with Crippen LogP contribution in [0, 0.1) is 0 Å². The summed E-state index contributed by atoms with van der Waals surface area (Å²) < 4.78 is 30.5. The molecule has 2 rings (SSSR count). The van der Waals surface area contributed by atoms with Crippen molar-refractivity contribution in [1.29, 1.82) is 0 Å². The van der Waals surface area contributed by atoms with E-state index in [1.807, 2.05) is 0 Å². The van der Waals surface area contributed by atoms with Crippen molar-refractivity contribution in [2.45, 2.75) is 19.9 Å². The Morgan fingerprint density at radius 1 is 1.18 bits per heavy atom. The predicted molar refractivity (Wildman–Crippen MR) is 109 cm³/mol. The summed E-state index contributed by atoms with van der Waals surface area (Å²) in [5, 5.41) is 2.98. The molecule has 2 aromatic carbocycles. The van der Waals surface area contributed by atoms with Crippen molar-refractivity contribution >= 4 is 44.9 Å². The largest absolute Gasteiger partial charge is 0.462 e. The first-order valence-electron chi connectivity index (χ1n) is 8.46. The van der Waals surface area contributed by atoms with Crippen LogP contribution in [0.4, 0.5) is 11.4 Å². The number of hydrogen-bond acceptors (Lipinski definition) is 5. The van der Waals surface area contributed by atoms with Gasteiger partial charge in [0.1, 0.15) is 6.04 Å². The highest BCUT2D eigenvalue weighted by Crippen LogP contribution is 2.24. The molecule has 9 heteroatoms. The Bertz CT molecular complexity index is 978. The first-order chi connectivity index (χ1) is 13.1. The van der Waals surface area contributed by atoms with Gasteiger partial charge in [-0.2, -0.15) is 0 Å². The fourth-order valence-electron chi connectivity index (χ4n) is 2.61. The highest BCUT2D eigenvalue weighted by Gasteiger charge is 2.29. The Kier molecular flexibility index (Phi) is 7.04.